The SMILES string of the molecule is CCOc1cnc(OC2CC3C(=O)NC4(C(=O)NS(=O)(=O)C5(C)CC5)CC4C=CCCC(C)CC(CC)C(NC(=O)OC(C)(C)C(F)(F)F)C(=O)N3C2)c2ccc(OC)cc12. The molecule has 336 valence electrons. The van der Waals surface area contributed by atoms with Crippen molar-refractivity contribution in [3.05, 3.63) is 36.5 Å². The molecule has 4 aliphatic rings. The number of alkyl halides is 3. The number of hydrogen-bond donors (Lipinski definition) is 3. The fourth-order valence-corrected chi connectivity index (χ4v) is 9.39. The van der Waals surface area contributed by atoms with Crippen LogP contribution in [0.15, 0.2) is 36.5 Å². The van der Waals surface area contributed by atoms with Crippen molar-refractivity contribution >= 4 is 44.6 Å². The summed E-state index contributed by atoms with van der Waals surface area (Å²) >= 11 is 0. The van der Waals surface area contributed by atoms with Crippen LogP contribution in [0.25, 0.3) is 10.8 Å². The molecule has 0 bridgehead atoms. The highest BCUT2D eigenvalue weighted by Crippen LogP contribution is 2.48. The number of benzene rings is 1. The molecule has 1 aromatic heterocycles. The van der Waals surface area contributed by atoms with E-state index in [1.54, 1.807) is 31.2 Å². The van der Waals surface area contributed by atoms with Crippen LogP contribution >= 0.6 is 0 Å². The number of rotatable bonds is 11. The number of pyridine rings is 1. The van der Waals surface area contributed by atoms with E-state index in [9.17, 15) is 40.8 Å². The number of methoxy groups -OCH3 is 1. The van der Waals surface area contributed by atoms with E-state index in [1.807, 2.05) is 19.9 Å². The second-order valence-corrected chi connectivity index (χ2v) is 19.6. The first-order valence-corrected chi connectivity index (χ1v) is 22.2. The van der Waals surface area contributed by atoms with Gasteiger partial charge < -0.3 is 34.5 Å². The highest BCUT2D eigenvalue weighted by atomic mass is 32.2. The van der Waals surface area contributed by atoms with Gasteiger partial charge in [-0.3, -0.25) is 19.1 Å². The normalized spacial score (nSPS) is 28.0. The summed E-state index contributed by atoms with van der Waals surface area (Å²) in [6, 6.07) is 2.40. The first-order valence-electron chi connectivity index (χ1n) is 20.8. The molecule has 2 saturated carbocycles. The molecule has 1 aromatic carbocycles. The molecule has 19 heteroatoms. The van der Waals surface area contributed by atoms with Crippen molar-refractivity contribution < 1.29 is 59.7 Å². The van der Waals surface area contributed by atoms with Gasteiger partial charge in [-0.2, -0.15) is 13.2 Å². The second-order valence-electron chi connectivity index (χ2n) is 17.4. The van der Waals surface area contributed by atoms with Crippen molar-refractivity contribution in [1.82, 2.24) is 25.2 Å². The molecule has 7 unspecified atom stereocenters. The van der Waals surface area contributed by atoms with Crippen molar-refractivity contribution in [1.29, 1.82) is 0 Å². The summed E-state index contributed by atoms with van der Waals surface area (Å²) in [7, 11) is -2.57. The predicted octanol–water partition coefficient (Wildman–Crippen LogP) is 5.70. The summed E-state index contributed by atoms with van der Waals surface area (Å²) in [5.74, 6) is -2.51. The molecule has 15 nitrogen and oxygen atoms in total. The lowest BCUT2D eigenvalue weighted by molar-refractivity contribution is -0.244. The zero-order valence-electron chi connectivity index (χ0n) is 35.5. The number of aromatic nitrogens is 1. The number of nitrogens with one attached hydrogen (secondary N) is 3. The quantitative estimate of drug-likeness (QED) is 0.235. The Morgan fingerprint density at radius 3 is 2.46 bits per heavy atom. The second kappa shape index (κ2) is 17.2. The number of nitrogens with zero attached hydrogens (tertiary/aromatic N) is 2. The molecular formula is C42H56F3N5O10S. The third kappa shape index (κ3) is 9.50. The standard InChI is InChI=1S/C42H56F3N5O10S/c1-8-25-18-24(3)12-10-11-13-26-21-41(26,37(53)49-61(55,56)40(6)16-17-40)48-34(51)31-20-28(23-50(31)36(52)33(25)47-38(54)60-39(4,5)42(43,44)45)59-35-29-15-14-27(57-7)19-30(29)32(22-46-35)58-9-2/h11,13-15,19,22,24-26,28,31,33H,8-10,12,16-18,20-21,23H2,1-7H3,(H,47,54)(H,48,51)(H,49,53). The molecule has 2 aliphatic carbocycles. The van der Waals surface area contributed by atoms with Gasteiger partial charge in [0, 0.05) is 23.1 Å². The van der Waals surface area contributed by atoms with Crippen molar-refractivity contribution in [2.24, 2.45) is 17.8 Å². The maximum atomic E-state index is 15.0. The fourth-order valence-electron chi connectivity index (χ4n) is 8.08. The predicted molar refractivity (Wildman–Crippen MR) is 217 cm³/mol. The molecule has 61 heavy (non-hydrogen) atoms. The number of hydrogen-bond acceptors (Lipinski definition) is 11. The summed E-state index contributed by atoms with van der Waals surface area (Å²) in [6.45, 7) is 8.62. The molecule has 3 fully saturated rings. The molecular weight excluding hydrogens is 824 g/mol. The molecule has 3 heterocycles. The van der Waals surface area contributed by atoms with Gasteiger partial charge in [0.05, 0.1) is 31.2 Å². The minimum Gasteiger partial charge on any atom is -0.497 e. The molecule has 2 aliphatic heterocycles. The van der Waals surface area contributed by atoms with Crippen LogP contribution in [-0.2, 0) is 29.1 Å². The molecule has 4 amide bonds. The monoisotopic (exact) mass is 879 g/mol. The summed E-state index contributed by atoms with van der Waals surface area (Å²) < 4.78 is 91.6. The van der Waals surface area contributed by atoms with E-state index in [0.717, 1.165) is 0 Å². The number of carbonyl (C=O) groups excluding carboxylic acids is 4. The van der Waals surface area contributed by atoms with E-state index in [-0.39, 0.29) is 31.2 Å². The molecule has 1 saturated heterocycles. The van der Waals surface area contributed by atoms with Crippen LogP contribution in [0.5, 0.6) is 17.4 Å². The van der Waals surface area contributed by atoms with Crippen molar-refractivity contribution in [3.8, 4) is 17.4 Å². The van der Waals surface area contributed by atoms with Crippen LogP contribution in [-0.4, -0.2) is 103 Å². The number of alkyl carbamates (subject to hydrolysis) is 1. The third-order valence-electron chi connectivity index (χ3n) is 12.5. The van der Waals surface area contributed by atoms with Crippen LogP contribution < -0.4 is 29.6 Å². The summed E-state index contributed by atoms with van der Waals surface area (Å²) in [4.78, 5) is 62.6. The van der Waals surface area contributed by atoms with E-state index < -0.39 is 85.9 Å². The number of ether oxygens (including phenoxy) is 4. The molecule has 6 rings (SSSR count). The number of fused-ring (bicyclic) bond motifs is 3. The highest BCUT2D eigenvalue weighted by molar-refractivity contribution is 7.91. The Morgan fingerprint density at radius 1 is 1.10 bits per heavy atom. The van der Waals surface area contributed by atoms with E-state index in [2.05, 4.69) is 20.3 Å². The van der Waals surface area contributed by atoms with E-state index in [4.69, 9.17) is 18.9 Å². The van der Waals surface area contributed by atoms with Gasteiger partial charge in [-0.1, -0.05) is 32.4 Å². The van der Waals surface area contributed by atoms with Gasteiger partial charge in [-0.05, 0) is 96.3 Å². The van der Waals surface area contributed by atoms with Crippen molar-refractivity contribution in [2.75, 3.05) is 20.3 Å². The van der Waals surface area contributed by atoms with Gasteiger partial charge in [-0.15, -0.1) is 0 Å². The first-order chi connectivity index (χ1) is 28.6. The van der Waals surface area contributed by atoms with E-state index in [1.165, 1.54) is 25.1 Å². The Morgan fingerprint density at radius 2 is 1.82 bits per heavy atom. The van der Waals surface area contributed by atoms with Gasteiger partial charge in [0.1, 0.15) is 35.2 Å². The summed E-state index contributed by atoms with van der Waals surface area (Å²) in [6.07, 6.45) is 0.412. The minimum atomic E-state index is -4.92. The fraction of sp³-hybridized carbons (Fsp3) is 0.643. The number of carbonyl (C=O) groups is 4. The number of halogens is 3. The largest absolute Gasteiger partial charge is 0.497 e. The minimum absolute atomic E-state index is 0.0426. The van der Waals surface area contributed by atoms with Gasteiger partial charge in [0.15, 0.2) is 0 Å². The zero-order chi connectivity index (χ0) is 44.7. The Hall–Kier alpha value is -4.81. The summed E-state index contributed by atoms with van der Waals surface area (Å²) in [5.41, 5.74) is -4.55. The van der Waals surface area contributed by atoms with Crippen LogP contribution in [0.3, 0.4) is 0 Å². The van der Waals surface area contributed by atoms with Crippen LogP contribution in [0.1, 0.15) is 92.9 Å². The Labute approximate surface area is 353 Å². The number of allylic oxidation sites excluding steroid dienone is 1. The van der Waals surface area contributed by atoms with Crippen molar-refractivity contribution in [3.63, 3.8) is 0 Å². The first kappa shape index (κ1) is 45.7. The van der Waals surface area contributed by atoms with Crippen LogP contribution in [0.4, 0.5) is 18.0 Å². The molecule has 3 N–H and O–H groups in total. The third-order valence-corrected chi connectivity index (χ3v) is 14.7. The molecule has 7 atom stereocenters. The molecule has 2 aromatic rings. The average Bonchev–Trinajstić information content (AvgIpc) is 4.07. The van der Waals surface area contributed by atoms with Gasteiger partial charge in [0.25, 0.3) is 5.91 Å². The summed E-state index contributed by atoms with van der Waals surface area (Å²) in [5, 5.41) is 6.40. The number of amides is 4. The van der Waals surface area contributed by atoms with Crippen LogP contribution in [0, 0.1) is 17.8 Å². The Bertz CT molecular complexity index is 2160. The Kier molecular flexibility index (Phi) is 12.9. The lowest BCUT2D eigenvalue weighted by Crippen LogP contribution is -2.60. The van der Waals surface area contributed by atoms with Crippen LogP contribution in [0.2, 0.25) is 0 Å². The van der Waals surface area contributed by atoms with Crippen molar-refractivity contribution in [2.45, 2.75) is 133 Å². The lowest BCUT2D eigenvalue weighted by Gasteiger charge is -2.35. The average molecular weight is 880 g/mol. The number of sulfonamides is 1. The maximum Gasteiger partial charge on any atom is 0.427 e. The molecule has 0 radical (unpaired) electrons. The van der Waals surface area contributed by atoms with Gasteiger partial charge >= 0.3 is 12.3 Å². The topological polar surface area (TPSA) is 192 Å². The zero-order valence-corrected chi connectivity index (χ0v) is 36.3. The van der Waals surface area contributed by atoms with Gasteiger partial charge in [-0.25, -0.2) is 18.2 Å². The van der Waals surface area contributed by atoms with E-state index in [0.29, 0.717) is 81.3 Å². The smallest absolute Gasteiger partial charge is 0.427 e. The van der Waals surface area contributed by atoms with Gasteiger partial charge in [0.2, 0.25) is 33.3 Å². The Balaban J connectivity index is 1.38. The lowest BCUT2D eigenvalue weighted by atomic mass is 9.85. The molecule has 0 spiro atoms. The maximum absolute atomic E-state index is 15.0. The van der Waals surface area contributed by atoms with E-state index >= 15 is 0 Å². The highest BCUT2D eigenvalue weighted by Gasteiger charge is 2.63.